The molecule has 0 aliphatic carbocycles. The number of unbranched alkanes of at least 4 members (excludes halogenated alkanes) is 1. The van der Waals surface area contributed by atoms with Crippen molar-refractivity contribution >= 4 is 6.09 Å². The molecule has 0 spiro atoms. The normalized spacial score (nSPS) is 16.0. The van der Waals surface area contributed by atoms with Gasteiger partial charge in [-0.3, -0.25) is 0 Å². The van der Waals surface area contributed by atoms with Gasteiger partial charge in [0, 0.05) is 6.54 Å². The van der Waals surface area contributed by atoms with Crippen molar-refractivity contribution in [3.05, 3.63) is 0 Å². The van der Waals surface area contributed by atoms with E-state index in [0.717, 1.165) is 25.9 Å². The Bertz CT molecular complexity index is 209. The summed E-state index contributed by atoms with van der Waals surface area (Å²) in [5.41, 5.74) is 0. The van der Waals surface area contributed by atoms with E-state index in [9.17, 15) is 4.79 Å². The summed E-state index contributed by atoms with van der Waals surface area (Å²) < 4.78 is 4.96. The fourth-order valence-electron chi connectivity index (χ4n) is 1.65. The Kier molecular flexibility index (Phi) is 23.1. The van der Waals surface area contributed by atoms with Crippen LogP contribution in [0.15, 0.2) is 0 Å². The molecule has 1 saturated heterocycles. The number of ether oxygens (including phenoxy) is 1. The van der Waals surface area contributed by atoms with E-state index in [-0.39, 0.29) is 12.2 Å². The van der Waals surface area contributed by atoms with Crippen molar-refractivity contribution < 1.29 is 9.53 Å². The maximum atomic E-state index is 11.0. The monoisotopic (exact) mass is 304 g/mol. The third-order valence-electron chi connectivity index (χ3n) is 2.49. The molecule has 0 bridgehead atoms. The van der Waals surface area contributed by atoms with E-state index in [0.29, 0.717) is 0 Å². The maximum Gasteiger partial charge on any atom is 0.410 e. The molecule has 0 aromatic carbocycles. The van der Waals surface area contributed by atoms with Gasteiger partial charge in [0.15, 0.2) is 0 Å². The average Bonchev–Trinajstić information content (AvgIpc) is 2.79. The molecule has 1 atom stereocenters. The fraction of sp³-hybridized carbons (Fsp3) is 0.941. The summed E-state index contributed by atoms with van der Waals surface area (Å²) in [4.78, 5) is 14.9. The largest absolute Gasteiger partial charge is 0.445 e. The summed E-state index contributed by atoms with van der Waals surface area (Å²) in [6, 6.07) is 0. The molecule has 1 aliphatic heterocycles. The third kappa shape index (κ3) is 17.2. The molecule has 0 aromatic rings. The quantitative estimate of drug-likeness (QED) is 0.742. The van der Waals surface area contributed by atoms with E-state index in [1.807, 2.05) is 34.6 Å². The fourth-order valence-corrected chi connectivity index (χ4v) is 1.65. The van der Waals surface area contributed by atoms with E-state index in [4.69, 9.17) is 4.74 Å². The average molecular weight is 305 g/mol. The van der Waals surface area contributed by atoms with Gasteiger partial charge in [-0.15, -0.1) is 0 Å². The van der Waals surface area contributed by atoms with Crippen molar-refractivity contribution in [3.63, 3.8) is 0 Å². The number of nitrogens with zero attached hydrogens (tertiary/aromatic N) is 2. The second-order valence-electron chi connectivity index (χ2n) is 4.80. The van der Waals surface area contributed by atoms with Crippen LogP contribution in [-0.2, 0) is 4.74 Å². The predicted molar refractivity (Wildman–Crippen MR) is 94.0 cm³/mol. The molecule has 1 rings (SSSR count). The summed E-state index contributed by atoms with van der Waals surface area (Å²) in [6.45, 7) is 17.0. The van der Waals surface area contributed by atoms with Crippen molar-refractivity contribution in [1.82, 2.24) is 9.80 Å². The highest BCUT2D eigenvalue weighted by Crippen LogP contribution is 2.10. The zero-order valence-corrected chi connectivity index (χ0v) is 16.0. The summed E-state index contributed by atoms with van der Waals surface area (Å²) >= 11 is 0. The molecule has 1 unspecified atom stereocenters. The summed E-state index contributed by atoms with van der Waals surface area (Å²) in [5.74, 6) is 0. The Labute approximate surface area is 133 Å². The van der Waals surface area contributed by atoms with Crippen LogP contribution in [0.3, 0.4) is 0 Å². The van der Waals surface area contributed by atoms with Gasteiger partial charge in [-0.25, -0.2) is 4.79 Å². The standard InChI is InChI=1S/C8H15NO2.C5H13N.2C2H6/c1-3-4-5-9-6-7(2)11-8(9)10;1-4-5-6(2)3;2*1-2/h7H,3-6H2,1-2H3;4-5H2,1-3H3;2*1-2H3. The minimum Gasteiger partial charge on any atom is -0.445 e. The van der Waals surface area contributed by atoms with Crippen LogP contribution in [0, 0.1) is 0 Å². The molecule has 1 amide bonds. The molecule has 4 heteroatoms. The Morgan fingerprint density at radius 3 is 1.90 bits per heavy atom. The molecule has 0 radical (unpaired) electrons. The van der Waals surface area contributed by atoms with Gasteiger partial charge in [-0.2, -0.15) is 0 Å². The van der Waals surface area contributed by atoms with Crippen LogP contribution in [0.25, 0.3) is 0 Å². The maximum absolute atomic E-state index is 11.0. The molecular formula is C17H40N2O2. The number of carbonyl (C=O) groups excluding carboxylic acids is 1. The van der Waals surface area contributed by atoms with Crippen LogP contribution >= 0.6 is 0 Å². The molecule has 130 valence electrons. The zero-order valence-electron chi connectivity index (χ0n) is 16.0. The first-order valence-electron chi connectivity index (χ1n) is 8.61. The van der Waals surface area contributed by atoms with E-state index < -0.39 is 0 Å². The van der Waals surface area contributed by atoms with Crippen LogP contribution in [0.5, 0.6) is 0 Å². The lowest BCUT2D eigenvalue weighted by Crippen LogP contribution is -2.25. The molecule has 1 heterocycles. The highest BCUT2D eigenvalue weighted by atomic mass is 16.6. The van der Waals surface area contributed by atoms with Crippen molar-refractivity contribution in [2.45, 2.75) is 73.8 Å². The first-order chi connectivity index (χ1) is 10.0. The number of cyclic esters (lactones) is 1. The number of carbonyl (C=O) groups is 1. The molecule has 0 aromatic heterocycles. The van der Waals surface area contributed by atoms with Crippen LogP contribution in [0.1, 0.15) is 67.7 Å². The van der Waals surface area contributed by atoms with E-state index in [1.165, 1.54) is 13.0 Å². The van der Waals surface area contributed by atoms with Crippen molar-refractivity contribution in [3.8, 4) is 0 Å². The Hall–Kier alpha value is -0.770. The lowest BCUT2D eigenvalue weighted by atomic mass is 10.3. The minimum absolute atomic E-state index is 0.0827. The Morgan fingerprint density at radius 2 is 1.67 bits per heavy atom. The van der Waals surface area contributed by atoms with E-state index in [1.54, 1.807) is 4.90 Å². The van der Waals surface area contributed by atoms with Crippen LogP contribution in [0.2, 0.25) is 0 Å². The van der Waals surface area contributed by atoms with Crippen LogP contribution in [-0.4, -0.2) is 55.7 Å². The Balaban J connectivity index is -0.000000277. The van der Waals surface area contributed by atoms with Crippen molar-refractivity contribution in [1.29, 1.82) is 0 Å². The summed E-state index contributed by atoms with van der Waals surface area (Å²) in [6.07, 6.45) is 3.39. The molecule has 4 nitrogen and oxygen atoms in total. The van der Waals surface area contributed by atoms with Crippen LogP contribution in [0.4, 0.5) is 4.79 Å². The molecule has 1 aliphatic rings. The van der Waals surface area contributed by atoms with Gasteiger partial charge in [0.2, 0.25) is 0 Å². The smallest absolute Gasteiger partial charge is 0.410 e. The number of rotatable bonds is 5. The van der Waals surface area contributed by atoms with Crippen molar-refractivity contribution in [2.75, 3.05) is 33.7 Å². The van der Waals surface area contributed by atoms with Gasteiger partial charge >= 0.3 is 6.09 Å². The number of amides is 1. The lowest BCUT2D eigenvalue weighted by Gasteiger charge is -2.10. The highest BCUT2D eigenvalue weighted by Gasteiger charge is 2.26. The van der Waals surface area contributed by atoms with Gasteiger partial charge in [-0.1, -0.05) is 48.0 Å². The second kappa shape index (κ2) is 19.2. The zero-order chi connectivity index (χ0) is 17.3. The predicted octanol–water partition coefficient (Wildman–Crippen LogP) is 4.64. The SMILES string of the molecule is CC.CC.CCCCN1CC(C)OC1=O.CCCN(C)C. The highest BCUT2D eigenvalue weighted by molar-refractivity contribution is 5.69. The van der Waals surface area contributed by atoms with Gasteiger partial charge in [0.05, 0.1) is 6.54 Å². The van der Waals surface area contributed by atoms with Crippen molar-refractivity contribution in [2.24, 2.45) is 0 Å². The molecule has 1 fully saturated rings. The van der Waals surface area contributed by atoms with Gasteiger partial charge in [0.25, 0.3) is 0 Å². The van der Waals surface area contributed by atoms with E-state index in [2.05, 4.69) is 32.8 Å². The van der Waals surface area contributed by atoms with Gasteiger partial charge < -0.3 is 14.5 Å². The van der Waals surface area contributed by atoms with Gasteiger partial charge in [-0.05, 0) is 40.4 Å². The molecule has 21 heavy (non-hydrogen) atoms. The van der Waals surface area contributed by atoms with Crippen LogP contribution < -0.4 is 0 Å². The second-order valence-corrected chi connectivity index (χ2v) is 4.80. The third-order valence-corrected chi connectivity index (χ3v) is 2.49. The number of hydrogen-bond acceptors (Lipinski definition) is 3. The van der Waals surface area contributed by atoms with Gasteiger partial charge in [0.1, 0.15) is 6.10 Å². The number of hydrogen-bond donors (Lipinski definition) is 0. The molecular weight excluding hydrogens is 264 g/mol. The lowest BCUT2D eigenvalue weighted by molar-refractivity contribution is 0.138. The Morgan fingerprint density at radius 1 is 1.14 bits per heavy atom. The topological polar surface area (TPSA) is 32.8 Å². The summed E-state index contributed by atoms with van der Waals surface area (Å²) in [7, 11) is 4.17. The first-order valence-corrected chi connectivity index (χ1v) is 8.61. The minimum atomic E-state index is -0.147. The molecule has 0 N–H and O–H groups in total. The summed E-state index contributed by atoms with van der Waals surface area (Å²) in [5, 5.41) is 0. The molecule has 0 saturated carbocycles. The van der Waals surface area contributed by atoms with E-state index >= 15 is 0 Å². The first kappa shape index (κ1) is 25.2.